The van der Waals surface area contributed by atoms with Gasteiger partial charge < -0.3 is 10.1 Å². The van der Waals surface area contributed by atoms with Crippen LogP contribution in [0.3, 0.4) is 0 Å². The highest BCUT2D eigenvalue weighted by atomic mass is 79.9. The summed E-state index contributed by atoms with van der Waals surface area (Å²) in [5.74, 6) is 0.631. The van der Waals surface area contributed by atoms with Gasteiger partial charge in [0.2, 0.25) is 0 Å². The molecular weight excluding hydrogens is 496 g/mol. The number of fused-ring (bicyclic) bond motifs is 1. The van der Waals surface area contributed by atoms with Crippen LogP contribution in [0.15, 0.2) is 105 Å². The van der Waals surface area contributed by atoms with Crippen molar-refractivity contribution in [1.82, 2.24) is 5.32 Å². The molecule has 0 aromatic heterocycles. The first-order chi connectivity index (χ1) is 16.2. The van der Waals surface area contributed by atoms with Gasteiger partial charge in [0, 0.05) is 4.47 Å². The van der Waals surface area contributed by atoms with Crippen molar-refractivity contribution in [3.8, 4) is 5.75 Å². The molecule has 162 valence electrons. The first-order valence-corrected chi connectivity index (χ1v) is 12.0. The number of nitrogens with zero attached hydrogens (tertiary/aromatic N) is 1. The fourth-order valence-corrected chi connectivity index (χ4v) is 4.73. The Morgan fingerprint density at radius 1 is 0.909 bits per heavy atom. The van der Waals surface area contributed by atoms with Crippen molar-refractivity contribution in [2.24, 2.45) is 4.99 Å². The maximum Gasteiger partial charge on any atom is 0.264 e. The van der Waals surface area contributed by atoms with Gasteiger partial charge in [0.15, 0.2) is 5.17 Å². The smallest absolute Gasteiger partial charge is 0.264 e. The Hall–Kier alpha value is -3.35. The Kier molecular flexibility index (Phi) is 6.28. The second kappa shape index (κ2) is 9.65. The minimum absolute atomic E-state index is 0.151. The van der Waals surface area contributed by atoms with Crippen molar-refractivity contribution in [2.75, 3.05) is 0 Å². The average Bonchev–Trinajstić information content (AvgIpc) is 3.18. The molecule has 0 spiro atoms. The molecule has 4 aromatic rings. The number of hydrogen-bond acceptors (Lipinski definition) is 4. The number of benzene rings is 4. The number of thioether (sulfide) groups is 1. The van der Waals surface area contributed by atoms with Crippen LogP contribution >= 0.6 is 27.7 Å². The number of para-hydroxylation sites is 1. The first-order valence-electron chi connectivity index (χ1n) is 10.4. The van der Waals surface area contributed by atoms with Gasteiger partial charge in [-0.25, -0.2) is 4.99 Å². The van der Waals surface area contributed by atoms with Crippen LogP contribution in [0.5, 0.6) is 5.75 Å². The van der Waals surface area contributed by atoms with Crippen molar-refractivity contribution in [3.63, 3.8) is 0 Å². The van der Waals surface area contributed by atoms with Crippen LogP contribution in [0.1, 0.15) is 11.1 Å². The van der Waals surface area contributed by atoms with Crippen LogP contribution in [-0.4, -0.2) is 11.1 Å². The summed E-state index contributed by atoms with van der Waals surface area (Å²) in [6.45, 7) is 0.495. The third kappa shape index (κ3) is 5.02. The van der Waals surface area contributed by atoms with Gasteiger partial charge in [0.1, 0.15) is 12.4 Å². The Bertz CT molecular complexity index is 1390. The molecule has 1 aliphatic heterocycles. The second-order valence-corrected chi connectivity index (χ2v) is 9.31. The first kappa shape index (κ1) is 21.5. The van der Waals surface area contributed by atoms with E-state index in [2.05, 4.69) is 56.6 Å². The van der Waals surface area contributed by atoms with Gasteiger partial charge in [-0.05, 0) is 79.9 Å². The highest BCUT2D eigenvalue weighted by molar-refractivity contribution is 9.10. The maximum atomic E-state index is 12.4. The third-order valence-electron chi connectivity index (χ3n) is 5.18. The topological polar surface area (TPSA) is 50.7 Å². The van der Waals surface area contributed by atoms with E-state index in [1.165, 1.54) is 22.5 Å². The molecule has 0 unspecified atom stereocenters. The molecular formula is C27H19BrN2O2S. The van der Waals surface area contributed by atoms with Crippen LogP contribution in [0.25, 0.3) is 16.8 Å². The number of nitrogens with one attached hydrogen (secondary N) is 1. The van der Waals surface area contributed by atoms with E-state index < -0.39 is 0 Å². The lowest BCUT2D eigenvalue weighted by Crippen LogP contribution is -2.19. The van der Waals surface area contributed by atoms with Crippen LogP contribution in [0, 0.1) is 0 Å². The SMILES string of the molecule is O=C1NC(=Nc2ccccc2Br)S/C1=C/c1ccc(OCc2cccc3ccccc23)cc1. The zero-order valence-corrected chi connectivity index (χ0v) is 19.9. The van der Waals surface area contributed by atoms with Crippen molar-refractivity contribution >= 4 is 61.3 Å². The van der Waals surface area contributed by atoms with Gasteiger partial charge in [-0.15, -0.1) is 0 Å². The summed E-state index contributed by atoms with van der Waals surface area (Å²) >= 11 is 4.81. The van der Waals surface area contributed by atoms with Crippen LogP contribution in [0.4, 0.5) is 5.69 Å². The highest BCUT2D eigenvalue weighted by Gasteiger charge is 2.24. The fraction of sp³-hybridized carbons (Fsp3) is 0.0370. The van der Waals surface area contributed by atoms with E-state index in [-0.39, 0.29) is 5.91 Å². The van der Waals surface area contributed by atoms with Gasteiger partial charge in [0.25, 0.3) is 5.91 Å². The molecule has 33 heavy (non-hydrogen) atoms. The van der Waals surface area contributed by atoms with E-state index in [9.17, 15) is 4.79 Å². The molecule has 0 radical (unpaired) electrons. The quantitative estimate of drug-likeness (QED) is 0.289. The predicted molar refractivity (Wildman–Crippen MR) is 140 cm³/mol. The normalized spacial score (nSPS) is 15.8. The zero-order chi connectivity index (χ0) is 22.6. The van der Waals surface area contributed by atoms with Crippen molar-refractivity contribution in [3.05, 3.63) is 112 Å². The highest BCUT2D eigenvalue weighted by Crippen LogP contribution is 2.31. The summed E-state index contributed by atoms with van der Waals surface area (Å²) in [5.41, 5.74) is 2.84. The molecule has 1 fully saturated rings. The van der Waals surface area contributed by atoms with Crippen LogP contribution in [-0.2, 0) is 11.4 Å². The summed E-state index contributed by atoms with van der Waals surface area (Å²) < 4.78 is 6.89. The molecule has 1 aliphatic rings. The molecule has 0 atom stereocenters. The van der Waals surface area contributed by atoms with Crippen molar-refractivity contribution in [1.29, 1.82) is 0 Å². The second-order valence-electron chi connectivity index (χ2n) is 7.43. The van der Waals surface area contributed by atoms with E-state index in [0.717, 1.165) is 27.0 Å². The van der Waals surface area contributed by atoms with E-state index in [1.807, 2.05) is 66.7 Å². The Labute approximate surface area is 204 Å². The number of ether oxygens (including phenoxy) is 1. The predicted octanol–water partition coefficient (Wildman–Crippen LogP) is 7.07. The van der Waals surface area contributed by atoms with E-state index in [4.69, 9.17) is 4.74 Å². The molecule has 1 heterocycles. The van der Waals surface area contributed by atoms with Gasteiger partial charge >= 0.3 is 0 Å². The molecule has 0 bridgehead atoms. The molecule has 4 aromatic carbocycles. The lowest BCUT2D eigenvalue weighted by molar-refractivity contribution is -0.115. The molecule has 1 N–H and O–H groups in total. The van der Waals surface area contributed by atoms with Crippen LogP contribution < -0.4 is 10.1 Å². The zero-order valence-electron chi connectivity index (χ0n) is 17.5. The lowest BCUT2D eigenvalue weighted by atomic mass is 10.1. The monoisotopic (exact) mass is 514 g/mol. The number of amides is 1. The van der Waals surface area contributed by atoms with Gasteiger partial charge in [-0.1, -0.05) is 66.7 Å². The van der Waals surface area contributed by atoms with E-state index in [0.29, 0.717) is 16.7 Å². The van der Waals surface area contributed by atoms with Crippen molar-refractivity contribution < 1.29 is 9.53 Å². The Morgan fingerprint density at radius 3 is 2.52 bits per heavy atom. The number of hydrogen-bond donors (Lipinski definition) is 1. The Morgan fingerprint density at radius 2 is 1.67 bits per heavy atom. The lowest BCUT2D eigenvalue weighted by Gasteiger charge is -2.09. The molecule has 0 aliphatic carbocycles. The minimum Gasteiger partial charge on any atom is -0.489 e. The van der Waals surface area contributed by atoms with E-state index in [1.54, 1.807) is 0 Å². The largest absolute Gasteiger partial charge is 0.489 e. The maximum absolute atomic E-state index is 12.4. The van der Waals surface area contributed by atoms with Crippen LogP contribution in [0.2, 0.25) is 0 Å². The third-order valence-corrected chi connectivity index (χ3v) is 6.76. The van der Waals surface area contributed by atoms with Gasteiger partial charge in [0.05, 0.1) is 10.6 Å². The molecule has 5 rings (SSSR count). The number of rotatable bonds is 5. The minimum atomic E-state index is -0.151. The number of carbonyl (C=O) groups excluding carboxylic acids is 1. The summed E-state index contributed by atoms with van der Waals surface area (Å²) in [4.78, 5) is 17.5. The Balaban J connectivity index is 1.27. The molecule has 1 saturated heterocycles. The molecule has 4 nitrogen and oxygen atoms in total. The summed E-state index contributed by atoms with van der Waals surface area (Å²) in [6, 6.07) is 29.9. The average molecular weight is 515 g/mol. The van der Waals surface area contributed by atoms with E-state index >= 15 is 0 Å². The number of carbonyl (C=O) groups is 1. The fourth-order valence-electron chi connectivity index (χ4n) is 3.52. The van der Waals surface area contributed by atoms with Gasteiger partial charge in [-0.2, -0.15) is 0 Å². The standard InChI is InChI=1S/C27H19BrN2O2S/c28-23-10-3-4-11-24(23)29-27-30-26(31)25(33-27)16-18-12-14-21(15-13-18)32-17-20-8-5-7-19-6-1-2-9-22(19)20/h1-16H,17H2,(H,29,30,31)/b25-16+. The molecule has 1 amide bonds. The number of aliphatic imine (C=N–C) groups is 1. The number of amidine groups is 1. The molecule has 6 heteroatoms. The van der Waals surface area contributed by atoms with Crippen molar-refractivity contribution in [2.45, 2.75) is 6.61 Å². The summed E-state index contributed by atoms with van der Waals surface area (Å²) in [7, 11) is 0. The molecule has 0 saturated carbocycles. The van der Waals surface area contributed by atoms with Gasteiger partial charge in [-0.3, -0.25) is 4.79 Å². The number of halogens is 1. The summed E-state index contributed by atoms with van der Waals surface area (Å²) in [6.07, 6.45) is 1.86. The summed E-state index contributed by atoms with van der Waals surface area (Å²) in [5, 5.41) is 5.79.